The van der Waals surface area contributed by atoms with Crippen molar-refractivity contribution in [3.05, 3.63) is 82.4 Å². The number of hydrogen-bond acceptors (Lipinski definition) is 5. The zero-order valence-corrected chi connectivity index (χ0v) is 19.8. The van der Waals surface area contributed by atoms with Gasteiger partial charge in [-0.2, -0.15) is 0 Å². The molecule has 174 valence electrons. The van der Waals surface area contributed by atoms with E-state index in [0.29, 0.717) is 43.0 Å². The van der Waals surface area contributed by atoms with Crippen molar-refractivity contribution in [2.75, 3.05) is 40.9 Å². The lowest BCUT2D eigenvalue weighted by atomic mass is 10.1. The maximum absolute atomic E-state index is 13.3. The lowest BCUT2D eigenvalue weighted by Crippen LogP contribution is -2.40. The Hall–Kier alpha value is -3.29. The van der Waals surface area contributed by atoms with Gasteiger partial charge in [0.05, 0.1) is 30.1 Å². The van der Waals surface area contributed by atoms with E-state index in [-0.39, 0.29) is 11.5 Å². The van der Waals surface area contributed by atoms with Crippen molar-refractivity contribution in [3.8, 4) is 0 Å². The van der Waals surface area contributed by atoms with Gasteiger partial charge in [-0.3, -0.25) is 14.2 Å². The number of nitrogens with zero attached hydrogens (tertiary/aromatic N) is 4. The van der Waals surface area contributed by atoms with Crippen molar-refractivity contribution in [2.24, 2.45) is 0 Å². The molecule has 1 aromatic heterocycles. The highest BCUT2D eigenvalue weighted by Gasteiger charge is 2.25. The molecule has 1 unspecified atom stereocenters. The summed E-state index contributed by atoms with van der Waals surface area (Å²) in [6.45, 7) is 3.84. The van der Waals surface area contributed by atoms with Crippen LogP contribution in [-0.4, -0.2) is 66.2 Å². The van der Waals surface area contributed by atoms with Gasteiger partial charge in [0, 0.05) is 26.3 Å². The largest absolute Gasteiger partial charge is 0.383 e. The molecule has 0 aliphatic heterocycles. The summed E-state index contributed by atoms with van der Waals surface area (Å²) in [6.07, 6.45) is 3.39. The maximum atomic E-state index is 13.3. The van der Waals surface area contributed by atoms with Crippen LogP contribution in [0.1, 0.15) is 24.4 Å². The second-order valence-electron chi connectivity index (χ2n) is 8.19. The molecule has 0 aliphatic rings. The van der Waals surface area contributed by atoms with Crippen LogP contribution in [0.2, 0.25) is 0 Å². The van der Waals surface area contributed by atoms with Gasteiger partial charge in [0.2, 0.25) is 5.91 Å². The molecule has 7 nitrogen and oxygen atoms in total. The van der Waals surface area contributed by atoms with Crippen LogP contribution in [0, 0.1) is 0 Å². The average molecular weight is 449 g/mol. The Morgan fingerprint density at radius 3 is 2.48 bits per heavy atom. The van der Waals surface area contributed by atoms with Crippen LogP contribution in [0.15, 0.2) is 65.5 Å². The molecule has 33 heavy (non-hydrogen) atoms. The van der Waals surface area contributed by atoms with Gasteiger partial charge in [-0.05, 0) is 44.8 Å². The Morgan fingerprint density at radius 2 is 1.79 bits per heavy atom. The first kappa shape index (κ1) is 24.4. The fourth-order valence-corrected chi connectivity index (χ4v) is 3.67. The second-order valence-corrected chi connectivity index (χ2v) is 8.19. The second kappa shape index (κ2) is 11.5. The van der Waals surface area contributed by atoms with Crippen molar-refractivity contribution < 1.29 is 9.53 Å². The predicted octanol–water partition coefficient (Wildman–Crippen LogP) is 3.21. The van der Waals surface area contributed by atoms with Gasteiger partial charge < -0.3 is 14.5 Å². The van der Waals surface area contributed by atoms with Crippen molar-refractivity contribution in [1.29, 1.82) is 0 Å². The summed E-state index contributed by atoms with van der Waals surface area (Å²) in [5, 5.41) is 0.555. The summed E-state index contributed by atoms with van der Waals surface area (Å²) < 4.78 is 6.87. The predicted molar refractivity (Wildman–Crippen MR) is 132 cm³/mol. The van der Waals surface area contributed by atoms with E-state index < -0.39 is 6.04 Å². The number of hydrogen-bond donors (Lipinski definition) is 0. The fraction of sp³-hybridized carbons (Fsp3) is 0.346. The van der Waals surface area contributed by atoms with Crippen molar-refractivity contribution in [3.63, 3.8) is 0 Å². The molecule has 0 fully saturated rings. The molecule has 1 heterocycles. The van der Waals surface area contributed by atoms with Gasteiger partial charge in [0.15, 0.2) is 0 Å². The molecule has 0 radical (unpaired) electrons. The third-order valence-corrected chi connectivity index (χ3v) is 5.54. The van der Waals surface area contributed by atoms with Crippen LogP contribution in [0.3, 0.4) is 0 Å². The minimum atomic E-state index is -0.410. The lowest BCUT2D eigenvalue weighted by molar-refractivity contribution is -0.128. The minimum Gasteiger partial charge on any atom is -0.383 e. The zero-order chi connectivity index (χ0) is 23.8. The van der Waals surface area contributed by atoms with Crippen LogP contribution in [0.25, 0.3) is 17.0 Å². The maximum Gasteiger partial charge on any atom is 0.261 e. The van der Waals surface area contributed by atoms with Gasteiger partial charge in [0.1, 0.15) is 5.82 Å². The number of aromatic nitrogens is 2. The average Bonchev–Trinajstić information content (AvgIpc) is 2.82. The molecule has 0 saturated carbocycles. The van der Waals surface area contributed by atoms with E-state index in [9.17, 15) is 9.59 Å². The quantitative estimate of drug-likeness (QED) is 0.446. The van der Waals surface area contributed by atoms with E-state index in [2.05, 4.69) is 0 Å². The molecular formula is C26H32N4O3. The Balaban J connectivity index is 2.02. The van der Waals surface area contributed by atoms with Gasteiger partial charge in [-0.15, -0.1) is 0 Å². The van der Waals surface area contributed by atoms with E-state index >= 15 is 0 Å². The first-order valence-corrected chi connectivity index (χ1v) is 11.1. The number of para-hydroxylation sites is 1. The van der Waals surface area contributed by atoms with E-state index in [4.69, 9.17) is 9.72 Å². The monoisotopic (exact) mass is 448 g/mol. The number of benzene rings is 2. The van der Waals surface area contributed by atoms with E-state index in [1.165, 1.54) is 0 Å². The molecule has 0 aliphatic carbocycles. The summed E-state index contributed by atoms with van der Waals surface area (Å²) in [6, 6.07) is 16.6. The number of carbonyl (C=O) groups excluding carboxylic acids is 1. The number of likely N-dealkylation sites (N-methyl/N-ethyl adjacent to an activating group) is 1. The molecular weight excluding hydrogens is 416 g/mol. The van der Waals surface area contributed by atoms with Crippen LogP contribution in [0.4, 0.5) is 0 Å². The highest BCUT2D eigenvalue weighted by molar-refractivity contribution is 5.92. The number of methoxy groups -OCH3 is 1. The molecule has 2 aromatic carbocycles. The zero-order valence-electron chi connectivity index (χ0n) is 19.8. The Kier molecular flexibility index (Phi) is 8.52. The van der Waals surface area contributed by atoms with Crippen LogP contribution in [-0.2, 0) is 16.1 Å². The third kappa shape index (κ3) is 6.15. The van der Waals surface area contributed by atoms with E-state index in [1.807, 2.05) is 80.5 Å². The molecule has 0 N–H and O–H groups in total. The number of carbonyl (C=O) groups is 1. The van der Waals surface area contributed by atoms with Gasteiger partial charge in [-0.25, -0.2) is 4.98 Å². The van der Waals surface area contributed by atoms with Crippen molar-refractivity contribution in [1.82, 2.24) is 19.4 Å². The summed E-state index contributed by atoms with van der Waals surface area (Å²) >= 11 is 0. The van der Waals surface area contributed by atoms with Crippen LogP contribution < -0.4 is 5.56 Å². The van der Waals surface area contributed by atoms with Crippen molar-refractivity contribution >= 4 is 22.9 Å². The van der Waals surface area contributed by atoms with Gasteiger partial charge >= 0.3 is 0 Å². The first-order chi connectivity index (χ1) is 15.9. The number of rotatable bonds is 10. The molecule has 0 spiro atoms. The van der Waals surface area contributed by atoms with Crippen LogP contribution in [0.5, 0.6) is 0 Å². The Morgan fingerprint density at radius 1 is 1.09 bits per heavy atom. The number of amides is 1. The standard InChI is InChI=1S/C26H32N4O3/c1-20(25-27-23-13-9-8-12-22(23)26(32)30(25)18-19-33-4)29(17-16-28(2)3)24(31)15-14-21-10-6-5-7-11-21/h5-15,20H,16-19H2,1-4H3/b15-14+. The SMILES string of the molecule is COCCn1c(C(C)N(CCN(C)C)C(=O)/C=C/c2ccccc2)nc2ccccc2c1=O. The fourth-order valence-electron chi connectivity index (χ4n) is 3.67. The number of fused-ring (bicyclic) bond motifs is 1. The Labute approximate surface area is 194 Å². The molecule has 3 aromatic rings. The van der Waals surface area contributed by atoms with Crippen LogP contribution >= 0.6 is 0 Å². The molecule has 1 amide bonds. The van der Waals surface area contributed by atoms with Gasteiger partial charge in [0.25, 0.3) is 5.56 Å². The molecule has 1 atom stereocenters. The summed E-state index contributed by atoms with van der Waals surface area (Å²) in [5.41, 5.74) is 1.45. The molecule has 0 bridgehead atoms. The van der Waals surface area contributed by atoms with Crippen molar-refractivity contribution in [2.45, 2.75) is 19.5 Å². The summed E-state index contributed by atoms with van der Waals surface area (Å²) in [5.74, 6) is 0.421. The first-order valence-electron chi connectivity index (χ1n) is 11.1. The topological polar surface area (TPSA) is 67.7 Å². The summed E-state index contributed by atoms with van der Waals surface area (Å²) in [4.78, 5) is 35.2. The van der Waals surface area contributed by atoms with Gasteiger partial charge in [-0.1, -0.05) is 42.5 Å². The highest BCUT2D eigenvalue weighted by Crippen LogP contribution is 2.21. The highest BCUT2D eigenvalue weighted by atomic mass is 16.5. The molecule has 7 heteroatoms. The lowest BCUT2D eigenvalue weighted by Gasteiger charge is -2.30. The third-order valence-electron chi connectivity index (χ3n) is 5.54. The minimum absolute atomic E-state index is 0.126. The molecule has 3 rings (SSSR count). The molecule has 0 saturated heterocycles. The normalized spacial score (nSPS) is 12.5. The van der Waals surface area contributed by atoms with E-state index in [0.717, 1.165) is 5.56 Å². The summed E-state index contributed by atoms with van der Waals surface area (Å²) in [7, 11) is 5.54. The Bertz CT molecular complexity index is 1160. The number of ether oxygens (including phenoxy) is 1. The van der Waals surface area contributed by atoms with E-state index in [1.54, 1.807) is 28.7 Å². The smallest absolute Gasteiger partial charge is 0.261 e.